The van der Waals surface area contributed by atoms with Gasteiger partial charge in [0.2, 0.25) is 0 Å². The maximum Gasteiger partial charge on any atom is 0.294 e. The highest BCUT2D eigenvalue weighted by atomic mass is 32.2. The number of terminal acetylenes is 1. The van der Waals surface area contributed by atoms with Crippen molar-refractivity contribution >= 4 is 39.9 Å². The van der Waals surface area contributed by atoms with Crippen molar-refractivity contribution in [3.8, 4) is 12.3 Å². The molecule has 1 fully saturated rings. The molecule has 1 aliphatic heterocycles. The van der Waals surface area contributed by atoms with Crippen LogP contribution in [0.15, 0.2) is 35.4 Å². The summed E-state index contributed by atoms with van der Waals surface area (Å²) < 4.78 is 2.22. The van der Waals surface area contributed by atoms with Gasteiger partial charge in [-0.3, -0.25) is 14.5 Å². The van der Waals surface area contributed by atoms with Crippen LogP contribution in [-0.4, -0.2) is 27.2 Å². The minimum absolute atomic E-state index is 0.0106. The van der Waals surface area contributed by atoms with Crippen LogP contribution >= 0.6 is 11.8 Å². The second-order valence-electron chi connectivity index (χ2n) is 5.74. The summed E-state index contributed by atoms with van der Waals surface area (Å²) in [5.74, 6) is 2.03. The van der Waals surface area contributed by atoms with Crippen molar-refractivity contribution in [2.24, 2.45) is 0 Å². The average molecular weight is 338 g/mol. The second-order valence-corrected chi connectivity index (χ2v) is 6.73. The summed E-state index contributed by atoms with van der Waals surface area (Å²) in [5.41, 5.74) is 2.07. The van der Waals surface area contributed by atoms with Crippen molar-refractivity contribution < 1.29 is 9.59 Å². The molecule has 0 aliphatic carbocycles. The third kappa shape index (κ3) is 2.74. The van der Waals surface area contributed by atoms with Gasteiger partial charge in [0.15, 0.2) is 0 Å². The van der Waals surface area contributed by atoms with Crippen molar-refractivity contribution in [3.63, 3.8) is 0 Å². The Bertz CT molecular complexity index is 888. The minimum Gasteiger partial charge on any atom is -0.344 e. The zero-order valence-corrected chi connectivity index (χ0v) is 14.5. The van der Waals surface area contributed by atoms with Crippen LogP contribution in [-0.2, 0) is 4.79 Å². The standard InChI is InChI=1S/C19H18N2O2S/c1-4-10-20-18(22)17(24-19(20)23)11-14-12-21(13(3)5-2)16-9-7-6-8-15(14)16/h1,6-9,11-13H,5,10H2,2-3H3/b17-11-. The number of carbonyl (C=O) groups excluding carboxylic acids is 2. The molecule has 2 aromatic rings. The summed E-state index contributed by atoms with van der Waals surface area (Å²) in [6.07, 6.45) is 10.1. The number of aromatic nitrogens is 1. The highest BCUT2D eigenvalue weighted by molar-refractivity contribution is 8.18. The largest absolute Gasteiger partial charge is 0.344 e. The van der Waals surface area contributed by atoms with E-state index in [1.165, 1.54) is 0 Å². The van der Waals surface area contributed by atoms with Crippen LogP contribution in [0.5, 0.6) is 0 Å². The van der Waals surface area contributed by atoms with Crippen LogP contribution in [0.25, 0.3) is 17.0 Å². The number of hydrogen-bond donors (Lipinski definition) is 0. The number of carbonyl (C=O) groups is 2. The van der Waals surface area contributed by atoms with Crippen molar-refractivity contribution in [1.29, 1.82) is 0 Å². The van der Waals surface area contributed by atoms with Gasteiger partial charge in [0.05, 0.1) is 11.4 Å². The van der Waals surface area contributed by atoms with E-state index in [1.807, 2.05) is 24.4 Å². The summed E-state index contributed by atoms with van der Waals surface area (Å²) in [5, 5.41) is 0.761. The predicted octanol–water partition coefficient (Wildman–Crippen LogP) is 4.28. The van der Waals surface area contributed by atoms with Crippen LogP contribution in [0, 0.1) is 12.3 Å². The van der Waals surface area contributed by atoms with Gasteiger partial charge in [0, 0.05) is 28.7 Å². The molecular formula is C19H18N2O2S. The molecule has 5 heteroatoms. The molecule has 0 bridgehead atoms. The lowest BCUT2D eigenvalue weighted by Gasteiger charge is -2.12. The molecule has 1 aromatic carbocycles. The van der Waals surface area contributed by atoms with E-state index >= 15 is 0 Å². The zero-order chi connectivity index (χ0) is 17.3. The van der Waals surface area contributed by atoms with Crippen LogP contribution in [0.4, 0.5) is 4.79 Å². The first-order chi connectivity index (χ1) is 11.6. The average Bonchev–Trinajstić information content (AvgIpc) is 3.08. The summed E-state index contributed by atoms with van der Waals surface area (Å²) in [7, 11) is 0. The molecule has 24 heavy (non-hydrogen) atoms. The number of nitrogens with zero attached hydrogens (tertiary/aromatic N) is 2. The number of para-hydroxylation sites is 1. The summed E-state index contributed by atoms with van der Waals surface area (Å²) in [4.78, 5) is 25.8. The quantitative estimate of drug-likeness (QED) is 0.617. The molecule has 0 N–H and O–H groups in total. The maximum atomic E-state index is 12.4. The van der Waals surface area contributed by atoms with Gasteiger partial charge in [-0.25, -0.2) is 0 Å². The van der Waals surface area contributed by atoms with Crippen molar-refractivity contribution in [2.45, 2.75) is 26.3 Å². The Balaban J connectivity index is 2.07. The van der Waals surface area contributed by atoms with E-state index in [0.717, 1.165) is 39.5 Å². The lowest BCUT2D eigenvalue weighted by atomic mass is 10.1. The molecular weight excluding hydrogens is 320 g/mol. The van der Waals surface area contributed by atoms with Crippen LogP contribution in [0.2, 0.25) is 0 Å². The van der Waals surface area contributed by atoms with Gasteiger partial charge in [0.1, 0.15) is 0 Å². The van der Waals surface area contributed by atoms with E-state index in [2.05, 4.69) is 30.4 Å². The Morgan fingerprint density at radius 2 is 2.08 bits per heavy atom. The van der Waals surface area contributed by atoms with E-state index in [9.17, 15) is 9.59 Å². The molecule has 122 valence electrons. The first-order valence-electron chi connectivity index (χ1n) is 7.85. The third-order valence-electron chi connectivity index (χ3n) is 4.25. The number of benzene rings is 1. The van der Waals surface area contributed by atoms with Gasteiger partial charge in [-0.1, -0.05) is 31.0 Å². The van der Waals surface area contributed by atoms with E-state index in [0.29, 0.717) is 10.9 Å². The normalized spacial score (nSPS) is 17.7. The van der Waals surface area contributed by atoms with Crippen molar-refractivity contribution in [2.75, 3.05) is 6.54 Å². The van der Waals surface area contributed by atoms with Crippen molar-refractivity contribution in [3.05, 3.63) is 40.9 Å². The van der Waals surface area contributed by atoms with E-state index in [4.69, 9.17) is 6.42 Å². The van der Waals surface area contributed by atoms with Gasteiger partial charge in [-0.05, 0) is 37.2 Å². The monoisotopic (exact) mass is 338 g/mol. The number of rotatable bonds is 4. The number of amides is 2. The van der Waals surface area contributed by atoms with Crippen LogP contribution < -0.4 is 0 Å². The molecule has 1 aromatic heterocycles. The SMILES string of the molecule is C#CCN1C(=O)S/C(=C\c2cn(C(C)CC)c3ccccc23)C1=O. The van der Waals surface area contributed by atoms with Gasteiger partial charge < -0.3 is 4.57 Å². The van der Waals surface area contributed by atoms with Crippen LogP contribution in [0.3, 0.4) is 0 Å². The van der Waals surface area contributed by atoms with Crippen LogP contribution in [0.1, 0.15) is 31.9 Å². The highest BCUT2D eigenvalue weighted by Crippen LogP contribution is 2.34. The van der Waals surface area contributed by atoms with E-state index in [1.54, 1.807) is 6.08 Å². The first kappa shape index (κ1) is 16.4. The molecule has 2 amide bonds. The third-order valence-corrected chi connectivity index (χ3v) is 5.15. The lowest BCUT2D eigenvalue weighted by Crippen LogP contribution is -2.28. The van der Waals surface area contributed by atoms with Gasteiger partial charge in [0.25, 0.3) is 11.1 Å². The Kier molecular flexibility index (Phi) is 4.50. The maximum absolute atomic E-state index is 12.4. The Hall–Kier alpha value is -2.45. The number of hydrogen-bond acceptors (Lipinski definition) is 3. The number of fused-ring (bicyclic) bond motifs is 1. The fourth-order valence-electron chi connectivity index (χ4n) is 2.78. The molecule has 4 nitrogen and oxygen atoms in total. The highest BCUT2D eigenvalue weighted by Gasteiger charge is 2.34. The van der Waals surface area contributed by atoms with Gasteiger partial charge in [-0.2, -0.15) is 0 Å². The zero-order valence-electron chi connectivity index (χ0n) is 13.7. The summed E-state index contributed by atoms with van der Waals surface area (Å²) in [6.45, 7) is 4.32. The molecule has 2 heterocycles. The number of thioether (sulfide) groups is 1. The fourth-order valence-corrected chi connectivity index (χ4v) is 3.61. The van der Waals surface area contributed by atoms with Crippen molar-refractivity contribution in [1.82, 2.24) is 9.47 Å². The molecule has 1 saturated heterocycles. The van der Waals surface area contributed by atoms with Gasteiger partial charge >= 0.3 is 0 Å². The molecule has 1 aliphatic rings. The fraction of sp³-hybridized carbons (Fsp3) is 0.263. The Morgan fingerprint density at radius 1 is 1.33 bits per heavy atom. The summed E-state index contributed by atoms with van der Waals surface area (Å²) >= 11 is 0.942. The van der Waals surface area contributed by atoms with E-state index in [-0.39, 0.29) is 17.7 Å². The molecule has 3 rings (SSSR count). The Labute approximate surface area is 145 Å². The van der Waals surface area contributed by atoms with E-state index < -0.39 is 0 Å². The second kappa shape index (κ2) is 6.58. The smallest absolute Gasteiger partial charge is 0.294 e. The number of imide groups is 1. The summed E-state index contributed by atoms with van der Waals surface area (Å²) in [6, 6.07) is 8.44. The molecule has 1 atom stereocenters. The minimum atomic E-state index is -0.316. The van der Waals surface area contributed by atoms with Gasteiger partial charge in [-0.15, -0.1) is 6.42 Å². The predicted molar refractivity (Wildman–Crippen MR) is 98.5 cm³/mol. The lowest BCUT2D eigenvalue weighted by molar-refractivity contribution is -0.122. The molecule has 0 spiro atoms. The molecule has 0 radical (unpaired) electrons. The first-order valence-corrected chi connectivity index (χ1v) is 8.66. The molecule has 1 unspecified atom stereocenters. The molecule has 0 saturated carbocycles. The Morgan fingerprint density at radius 3 is 2.79 bits per heavy atom. The topological polar surface area (TPSA) is 42.3 Å².